The lowest BCUT2D eigenvalue weighted by molar-refractivity contribution is -0.121. The van der Waals surface area contributed by atoms with E-state index in [2.05, 4.69) is 4.99 Å². The number of allylic oxidation sites excluding steroid dienone is 2. The summed E-state index contributed by atoms with van der Waals surface area (Å²) in [7, 11) is 0. The molecule has 16 rings (SSSR count). The van der Waals surface area contributed by atoms with Gasteiger partial charge in [-0.15, -0.1) is 45.3 Å². The van der Waals surface area contributed by atoms with E-state index in [9.17, 15) is 47.9 Å². The van der Waals surface area contributed by atoms with Gasteiger partial charge in [0.2, 0.25) is 0 Å². The van der Waals surface area contributed by atoms with Gasteiger partial charge in [-0.2, -0.15) is 0 Å². The molecule has 90 heavy (non-hydrogen) atoms. The summed E-state index contributed by atoms with van der Waals surface area (Å²) in [5.74, 6) is -5.13. The molecule has 5 atom stereocenters. The van der Waals surface area contributed by atoms with Crippen molar-refractivity contribution < 1.29 is 57.4 Å². The highest BCUT2D eigenvalue weighted by atomic mass is 32.1. The van der Waals surface area contributed by atoms with Crippen LogP contribution in [-0.4, -0.2) is 79.0 Å². The van der Waals surface area contributed by atoms with E-state index in [4.69, 9.17) is 14.5 Å². The van der Waals surface area contributed by atoms with Gasteiger partial charge in [0.15, 0.2) is 57.7 Å². The van der Waals surface area contributed by atoms with Gasteiger partial charge in [0.05, 0.1) is 52.0 Å². The fourth-order valence-electron chi connectivity index (χ4n) is 14.0. The van der Waals surface area contributed by atoms with Crippen LogP contribution in [0.4, 0.5) is 19.6 Å². The molecule has 4 saturated carbocycles. The number of carbonyl (C=O) groups excluding carboxylic acids is 10. The van der Waals surface area contributed by atoms with Crippen molar-refractivity contribution in [3.05, 3.63) is 187 Å². The van der Waals surface area contributed by atoms with Crippen LogP contribution < -0.4 is 0 Å². The number of hydrogen-bond donors (Lipinski definition) is 0. The van der Waals surface area contributed by atoms with E-state index in [1.165, 1.54) is 60.6 Å². The van der Waals surface area contributed by atoms with Crippen LogP contribution in [0, 0.1) is 23.7 Å². The van der Waals surface area contributed by atoms with Crippen LogP contribution in [0.3, 0.4) is 0 Å². The number of ether oxygens (including phenoxy) is 2. The maximum Gasteiger partial charge on any atom is 0.419 e. The first-order chi connectivity index (χ1) is 43.7. The molecule has 0 radical (unpaired) electrons. The second kappa shape index (κ2) is 21.6. The summed E-state index contributed by atoms with van der Waals surface area (Å²) in [4.78, 5) is 150. The summed E-state index contributed by atoms with van der Waals surface area (Å²) in [5.41, 5.74) is 5.08. The number of aromatic nitrogens is 2. The number of benzene rings is 4. The first kappa shape index (κ1) is 55.7. The van der Waals surface area contributed by atoms with Crippen molar-refractivity contribution in [3.63, 3.8) is 0 Å². The molecule has 0 saturated heterocycles. The number of carbonyl (C=O) groups is 10. The first-order valence-electron chi connectivity index (χ1n) is 29.5. The summed E-state index contributed by atoms with van der Waals surface area (Å²) in [6.07, 6.45) is 6.05. The Morgan fingerprint density at radius 1 is 0.444 bits per heavy atom. The zero-order valence-corrected chi connectivity index (χ0v) is 50.6. The van der Waals surface area contributed by atoms with Gasteiger partial charge in [-0.25, -0.2) is 28.7 Å². The molecular weight excluding hydrogens is 1220 g/mol. The molecule has 0 aliphatic heterocycles. The number of fused-ring (bicyclic) bond motifs is 10. The molecule has 0 N–H and O–H groups in total. The van der Waals surface area contributed by atoms with Crippen molar-refractivity contribution in [2.24, 2.45) is 33.7 Å². The number of thiophene rings is 4. The summed E-state index contributed by atoms with van der Waals surface area (Å²) in [6, 6.07) is 37.1. The second-order valence-corrected chi connectivity index (χ2v) is 27.7. The molecule has 10 aromatic rings. The minimum absolute atomic E-state index is 0.0102. The van der Waals surface area contributed by atoms with Gasteiger partial charge in [-0.1, -0.05) is 110 Å². The standard InChI is InChI=1S/C70H46N4O12S4/c75-57-39-15-7-8-16-40(39)58(76)47(57)25-37-27-49-65(87-37)66-50(73(49)69(83)85-31-33-11-3-1-4-12-33)28-38(88-66)26-48-59(77)43-21-19-35(23-45(43)60(48)78)36-20-22-44-46(24-36)64(82)56(63(44)81)72-54-30-52-68(90-54)67-51(74(52)70(84)86-32-34-13-5-2-6-14-34)29-53(89-67)71-55-61(79)41-17-9-10-18-42(41)62(55)80/h1-8,11-16,19,21,23,25-30,36,41-42,44,46H,9-10,17-18,20,22,24,31-32H2/b48-26+,71-55?,72-56?. The normalized spacial score (nSPS) is 21.5. The van der Waals surface area contributed by atoms with Gasteiger partial charge in [-0.05, 0) is 97.2 Å². The molecule has 4 fully saturated rings. The molecular formula is C70H46N4O12S4. The largest absolute Gasteiger partial charge is 0.444 e. The van der Waals surface area contributed by atoms with Gasteiger partial charge in [0.1, 0.15) is 23.2 Å². The molecule has 0 bridgehead atoms. The van der Waals surface area contributed by atoms with Crippen molar-refractivity contribution in [2.45, 2.75) is 64.1 Å². The Balaban J connectivity index is 0.666. The minimum Gasteiger partial charge on any atom is -0.444 e. The van der Waals surface area contributed by atoms with Crippen molar-refractivity contribution in [1.29, 1.82) is 0 Å². The number of rotatable bonds is 9. The van der Waals surface area contributed by atoms with Gasteiger partial charge in [0.25, 0.3) is 0 Å². The Bertz CT molecular complexity index is 5010. The lowest BCUT2D eigenvalue weighted by Crippen LogP contribution is -2.26. The van der Waals surface area contributed by atoms with E-state index in [1.807, 2.05) is 60.7 Å². The van der Waals surface area contributed by atoms with Gasteiger partial charge >= 0.3 is 12.2 Å². The molecule has 20 heteroatoms. The average Bonchev–Trinajstić information content (AvgIpc) is 2.09. The van der Waals surface area contributed by atoms with Crippen LogP contribution in [0.15, 0.2) is 149 Å². The average molecular weight is 1260 g/mol. The van der Waals surface area contributed by atoms with Crippen LogP contribution >= 0.6 is 45.3 Å². The van der Waals surface area contributed by atoms with Crippen molar-refractivity contribution in [2.75, 3.05) is 0 Å². The van der Waals surface area contributed by atoms with E-state index in [-0.39, 0.29) is 99.4 Å². The first-order valence-corrected chi connectivity index (χ1v) is 32.8. The summed E-state index contributed by atoms with van der Waals surface area (Å²) >= 11 is 5.00. The Kier molecular flexibility index (Phi) is 13.4. The number of aliphatic imine (C=N–C) groups is 2. The highest BCUT2D eigenvalue weighted by Gasteiger charge is 2.51. The number of Topliss-reactive ketones (excluding diaryl/α,β-unsaturated/α-hetero) is 8. The summed E-state index contributed by atoms with van der Waals surface area (Å²) in [5, 5.41) is 0.702. The number of ketones is 8. The summed E-state index contributed by atoms with van der Waals surface area (Å²) in [6.45, 7) is -0.0252. The van der Waals surface area contributed by atoms with Gasteiger partial charge < -0.3 is 9.47 Å². The molecule has 4 aromatic carbocycles. The molecule has 16 nitrogen and oxygen atoms in total. The summed E-state index contributed by atoms with van der Waals surface area (Å²) < 4.78 is 17.1. The third kappa shape index (κ3) is 9.00. The van der Waals surface area contributed by atoms with E-state index >= 15 is 0 Å². The monoisotopic (exact) mass is 1260 g/mol. The predicted octanol–water partition coefficient (Wildman–Crippen LogP) is 14.9. The third-order valence-electron chi connectivity index (χ3n) is 18.3. The van der Waals surface area contributed by atoms with Crippen molar-refractivity contribution >= 4 is 178 Å². The highest BCUT2D eigenvalue weighted by molar-refractivity contribution is 7.31. The quantitative estimate of drug-likeness (QED) is 0.0972. The Morgan fingerprint density at radius 2 is 0.856 bits per heavy atom. The predicted molar refractivity (Wildman–Crippen MR) is 344 cm³/mol. The second-order valence-electron chi connectivity index (χ2n) is 23.5. The molecule has 5 unspecified atom stereocenters. The Labute approximate surface area is 526 Å². The Hall–Kier alpha value is -9.60. The van der Waals surface area contributed by atoms with Gasteiger partial charge in [0, 0.05) is 55.7 Å². The third-order valence-corrected chi connectivity index (χ3v) is 22.8. The molecule has 442 valence electrons. The Morgan fingerprint density at radius 3 is 1.34 bits per heavy atom. The lowest BCUT2D eigenvalue weighted by atomic mass is 9.72. The zero-order chi connectivity index (χ0) is 61.4. The van der Waals surface area contributed by atoms with Gasteiger partial charge in [-0.3, -0.25) is 38.4 Å². The van der Waals surface area contributed by atoms with Crippen LogP contribution in [0.1, 0.15) is 119 Å². The molecule has 6 aromatic heterocycles. The molecule has 6 heterocycles. The topological polar surface area (TPSA) is 224 Å². The van der Waals surface area contributed by atoms with Crippen LogP contribution in [0.2, 0.25) is 0 Å². The van der Waals surface area contributed by atoms with Crippen LogP contribution in [0.25, 0.3) is 53.0 Å². The number of nitrogens with zero attached hydrogens (tertiary/aromatic N) is 4. The zero-order valence-electron chi connectivity index (χ0n) is 47.4. The lowest BCUT2D eigenvalue weighted by Gasteiger charge is -2.30. The fourth-order valence-corrected chi connectivity index (χ4v) is 18.5. The molecule has 0 amide bonds. The van der Waals surface area contributed by atoms with Crippen molar-refractivity contribution in [1.82, 2.24) is 9.13 Å². The number of hydrogen-bond acceptors (Lipinski definition) is 18. The van der Waals surface area contributed by atoms with E-state index in [0.717, 1.165) is 29.5 Å². The highest BCUT2D eigenvalue weighted by Crippen LogP contribution is 2.50. The van der Waals surface area contributed by atoms with Crippen molar-refractivity contribution in [3.8, 4) is 0 Å². The van der Waals surface area contributed by atoms with E-state index < -0.39 is 35.6 Å². The maximum atomic E-state index is 14.5. The van der Waals surface area contributed by atoms with E-state index in [0.29, 0.717) is 104 Å². The fraction of sp³-hybridized carbons (Fsp3) is 0.200. The molecule has 6 aliphatic rings. The molecule has 6 aliphatic carbocycles. The minimum atomic E-state index is -0.686. The SMILES string of the molecule is O=C1C(=Cc2cc3c(s2)c2sc(/C=C4\C(=O)c5ccc(C6CCC7C(=O)C(=Nc8cc9c(s8)c8sc(N=C%10C(=O)C%11CCCCC%11C%10=O)cc8n9C(=O)OCc8ccccc8)C(=O)C7C6)cc5C4=O)cc2n3C(=O)OCc2ccccc2)C(=O)c2ccccc21. The maximum absolute atomic E-state index is 14.5. The molecule has 0 spiro atoms. The van der Waals surface area contributed by atoms with Crippen LogP contribution in [0.5, 0.6) is 0 Å². The van der Waals surface area contributed by atoms with Crippen LogP contribution in [-0.2, 0) is 41.9 Å². The smallest absolute Gasteiger partial charge is 0.419 e. The van der Waals surface area contributed by atoms with E-state index in [1.54, 1.807) is 72.8 Å².